The third-order valence-corrected chi connectivity index (χ3v) is 4.77. The summed E-state index contributed by atoms with van der Waals surface area (Å²) in [5.74, 6) is 0. The fraction of sp³-hybridized carbons (Fsp3) is 0.600. The second-order valence-electron chi connectivity index (χ2n) is 5.82. The highest BCUT2D eigenvalue weighted by molar-refractivity contribution is 9.10. The Bertz CT molecular complexity index is 448. The third kappa shape index (κ3) is 3.19. The largest absolute Gasteiger partial charge is 0.378 e. The highest BCUT2D eigenvalue weighted by Gasteiger charge is 2.35. The first-order chi connectivity index (χ1) is 8.95. The van der Waals surface area contributed by atoms with Gasteiger partial charge in [0.25, 0.3) is 0 Å². The number of hydrogen-bond acceptors (Lipinski definition) is 3. The number of rotatable bonds is 3. The van der Waals surface area contributed by atoms with Gasteiger partial charge in [0.15, 0.2) is 0 Å². The van der Waals surface area contributed by atoms with Crippen molar-refractivity contribution in [1.29, 1.82) is 0 Å². The van der Waals surface area contributed by atoms with Crippen molar-refractivity contribution in [2.75, 3.05) is 26.3 Å². The molecule has 0 amide bonds. The van der Waals surface area contributed by atoms with Crippen LogP contribution in [0, 0.1) is 6.92 Å². The molecule has 0 aliphatic carbocycles. The van der Waals surface area contributed by atoms with E-state index in [0.717, 1.165) is 24.2 Å². The molecule has 1 aliphatic rings. The molecule has 1 saturated heterocycles. The number of halogens is 1. The number of morpholine rings is 1. The van der Waals surface area contributed by atoms with E-state index in [1.807, 2.05) is 0 Å². The number of ether oxygens (including phenoxy) is 1. The second-order valence-corrected chi connectivity index (χ2v) is 6.67. The zero-order chi connectivity index (χ0) is 14.0. The van der Waals surface area contributed by atoms with Gasteiger partial charge in [0, 0.05) is 29.1 Å². The van der Waals surface area contributed by atoms with Crippen LogP contribution in [0.3, 0.4) is 0 Å². The van der Waals surface area contributed by atoms with Gasteiger partial charge in [0.2, 0.25) is 0 Å². The Labute approximate surface area is 124 Å². The normalized spacial score (nSPS) is 21.3. The molecule has 1 unspecified atom stereocenters. The summed E-state index contributed by atoms with van der Waals surface area (Å²) >= 11 is 3.55. The number of hydrogen-bond donors (Lipinski definition) is 1. The minimum atomic E-state index is 0.0310. The predicted molar refractivity (Wildman–Crippen MR) is 82.3 cm³/mol. The number of nitrogens with two attached hydrogens (primary N) is 1. The summed E-state index contributed by atoms with van der Waals surface area (Å²) in [4.78, 5) is 2.47. The van der Waals surface area contributed by atoms with Crippen LogP contribution in [0.25, 0.3) is 0 Å². The fourth-order valence-electron chi connectivity index (χ4n) is 2.77. The highest BCUT2D eigenvalue weighted by atomic mass is 79.9. The minimum absolute atomic E-state index is 0.0310. The molecular weight excluding hydrogens is 304 g/mol. The quantitative estimate of drug-likeness (QED) is 0.928. The maximum absolute atomic E-state index is 6.05. The maximum atomic E-state index is 6.05. The average Bonchev–Trinajstić information content (AvgIpc) is 2.36. The van der Waals surface area contributed by atoms with Crippen molar-refractivity contribution >= 4 is 15.9 Å². The van der Waals surface area contributed by atoms with Gasteiger partial charge in [-0.15, -0.1) is 0 Å². The maximum Gasteiger partial charge on any atom is 0.0645 e. The van der Waals surface area contributed by atoms with E-state index >= 15 is 0 Å². The number of nitrogens with zero attached hydrogens (tertiary/aromatic N) is 1. The summed E-state index contributed by atoms with van der Waals surface area (Å²) in [5, 5.41) is 0. The van der Waals surface area contributed by atoms with E-state index in [0.29, 0.717) is 6.54 Å². The van der Waals surface area contributed by atoms with Gasteiger partial charge in [-0.3, -0.25) is 4.90 Å². The topological polar surface area (TPSA) is 38.5 Å². The lowest BCUT2D eigenvalue weighted by molar-refractivity contribution is -0.0712. The van der Waals surface area contributed by atoms with Gasteiger partial charge in [-0.2, -0.15) is 0 Å². The molecule has 0 bridgehead atoms. The molecule has 1 fully saturated rings. The van der Waals surface area contributed by atoms with Crippen LogP contribution >= 0.6 is 15.9 Å². The smallest absolute Gasteiger partial charge is 0.0645 e. The first-order valence-corrected chi connectivity index (χ1v) is 7.55. The van der Waals surface area contributed by atoms with Gasteiger partial charge in [0.1, 0.15) is 0 Å². The number of benzene rings is 1. The lowest BCUT2D eigenvalue weighted by Crippen LogP contribution is -2.55. The van der Waals surface area contributed by atoms with Gasteiger partial charge in [-0.1, -0.05) is 28.1 Å². The molecule has 1 aromatic rings. The zero-order valence-corrected chi connectivity index (χ0v) is 13.5. The Morgan fingerprint density at radius 1 is 1.47 bits per heavy atom. The lowest BCUT2D eigenvalue weighted by atomic mass is 9.95. The summed E-state index contributed by atoms with van der Waals surface area (Å²) in [6.07, 6.45) is 0. The average molecular weight is 327 g/mol. The minimum Gasteiger partial charge on any atom is -0.378 e. The van der Waals surface area contributed by atoms with Crippen LogP contribution in [0.15, 0.2) is 22.7 Å². The highest BCUT2D eigenvalue weighted by Crippen LogP contribution is 2.31. The molecular formula is C15H23BrN2O. The monoisotopic (exact) mass is 326 g/mol. The van der Waals surface area contributed by atoms with Crippen LogP contribution in [0.2, 0.25) is 0 Å². The molecule has 0 radical (unpaired) electrons. The molecule has 106 valence electrons. The zero-order valence-electron chi connectivity index (χ0n) is 11.9. The summed E-state index contributed by atoms with van der Waals surface area (Å²) < 4.78 is 6.74. The van der Waals surface area contributed by atoms with Gasteiger partial charge in [-0.05, 0) is 38.0 Å². The van der Waals surface area contributed by atoms with Crippen LogP contribution in [0.4, 0.5) is 0 Å². The molecule has 19 heavy (non-hydrogen) atoms. The molecule has 4 heteroatoms. The molecule has 0 aromatic heterocycles. The predicted octanol–water partition coefficient (Wildman–Crippen LogP) is 2.87. The van der Waals surface area contributed by atoms with Crippen LogP contribution in [-0.2, 0) is 4.74 Å². The van der Waals surface area contributed by atoms with Gasteiger partial charge in [-0.25, -0.2) is 0 Å². The summed E-state index contributed by atoms with van der Waals surface area (Å²) in [5.41, 5.74) is 8.62. The van der Waals surface area contributed by atoms with Crippen LogP contribution in [0.5, 0.6) is 0 Å². The standard InChI is InChI=1S/C15H23BrN2O/c1-11-8-12(4-5-13(11)16)14(9-17)18-6-7-19-10-15(18,2)3/h4-5,8,14H,6-7,9-10,17H2,1-3H3. The van der Waals surface area contributed by atoms with E-state index in [1.165, 1.54) is 11.1 Å². The molecule has 1 heterocycles. The van der Waals surface area contributed by atoms with E-state index in [-0.39, 0.29) is 11.6 Å². The van der Waals surface area contributed by atoms with Crippen molar-refractivity contribution in [3.05, 3.63) is 33.8 Å². The summed E-state index contributed by atoms with van der Waals surface area (Å²) in [7, 11) is 0. The Hall–Kier alpha value is -0.420. The fourth-order valence-corrected chi connectivity index (χ4v) is 3.01. The molecule has 1 aliphatic heterocycles. The van der Waals surface area contributed by atoms with E-state index in [9.17, 15) is 0 Å². The second kappa shape index (κ2) is 5.92. The van der Waals surface area contributed by atoms with E-state index in [4.69, 9.17) is 10.5 Å². The van der Waals surface area contributed by atoms with Crippen molar-refractivity contribution in [3.8, 4) is 0 Å². The third-order valence-electron chi connectivity index (χ3n) is 3.88. The van der Waals surface area contributed by atoms with Gasteiger partial charge < -0.3 is 10.5 Å². The molecule has 0 spiro atoms. The first kappa shape index (κ1) is 15.0. The molecule has 1 aromatic carbocycles. The van der Waals surface area contributed by atoms with Crippen LogP contribution < -0.4 is 5.73 Å². The van der Waals surface area contributed by atoms with E-state index in [1.54, 1.807) is 0 Å². The Kier molecular flexibility index (Phi) is 4.66. The molecule has 0 saturated carbocycles. The molecule has 1 atom stereocenters. The van der Waals surface area contributed by atoms with E-state index < -0.39 is 0 Å². The van der Waals surface area contributed by atoms with Crippen LogP contribution in [-0.4, -0.2) is 36.7 Å². The Balaban J connectivity index is 2.30. The van der Waals surface area contributed by atoms with Crippen molar-refractivity contribution in [2.45, 2.75) is 32.4 Å². The molecule has 3 nitrogen and oxygen atoms in total. The summed E-state index contributed by atoms with van der Waals surface area (Å²) in [6, 6.07) is 6.76. The van der Waals surface area contributed by atoms with Gasteiger partial charge >= 0.3 is 0 Å². The van der Waals surface area contributed by atoms with Crippen LogP contribution in [0.1, 0.15) is 31.0 Å². The summed E-state index contributed by atoms with van der Waals surface area (Å²) in [6.45, 7) is 9.68. The lowest BCUT2D eigenvalue weighted by Gasteiger charge is -2.46. The number of aryl methyl sites for hydroxylation is 1. The van der Waals surface area contributed by atoms with Gasteiger partial charge in [0.05, 0.1) is 13.2 Å². The Morgan fingerprint density at radius 2 is 2.21 bits per heavy atom. The molecule has 2 rings (SSSR count). The SMILES string of the molecule is Cc1cc(C(CN)N2CCOCC2(C)C)ccc1Br. The Morgan fingerprint density at radius 3 is 2.79 bits per heavy atom. The van der Waals surface area contributed by atoms with Crippen molar-refractivity contribution < 1.29 is 4.74 Å². The first-order valence-electron chi connectivity index (χ1n) is 6.76. The van der Waals surface area contributed by atoms with E-state index in [2.05, 4.69) is 59.8 Å². The van der Waals surface area contributed by atoms with Crippen molar-refractivity contribution in [2.24, 2.45) is 5.73 Å². The molecule has 2 N–H and O–H groups in total. The van der Waals surface area contributed by atoms with Crippen molar-refractivity contribution in [1.82, 2.24) is 4.90 Å². The van der Waals surface area contributed by atoms with Crippen molar-refractivity contribution in [3.63, 3.8) is 0 Å².